The van der Waals surface area contributed by atoms with Crippen LogP contribution < -0.4 is 0 Å². The first-order chi connectivity index (χ1) is 13.2. The van der Waals surface area contributed by atoms with Crippen LogP contribution in [0.4, 0.5) is 4.39 Å². The summed E-state index contributed by atoms with van der Waals surface area (Å²) in [6.07, 6.45) is 3.41. The molecule has 0 bridgehead atoms. The van der Waals surface area contributed by atoms with Gasteiger partial charge in [0.15, 0.2) is 0 Å². The highest BCUT2D eigenvalue weighted by molar-refractivity contribution is 5.45. The van der Waals surface area contributed by atoms with Crippen LogP contribution in [0.5, 0.6) is 0 Å². The van der Waals surface area contributed by atoms with E-state index in [0.29, 0.717) is 12.0 Å². The van der Waals surface area contributed by atoms with Crippen LogP contribution in [0.15, 0.2) is 42.5 Å². The maximum absolute atomic E-state index is 14.0. The Morgan fingerprint density at radius 1 is 1.15 bits per heavy atom. The molecule has 2 aliphatic heterocycles. The highest BCUT2D eigenvalue weighted by Gasteiger charge is 2.41. The van der Waals surface area contributed by atoms with Gasteiger partial charge in [0.1, 0.15) is 5.82 Å². The van der Waals surface area contributed by atoms with Gasteiger partial charge in [0.2, 0.25) is 0 Å². The van der Waals surface area contributed by atoms with Crippen molar-refractivity contribution in [2.45, 2.75) is 43.5 Å². The molecule has 4 heteroatoms. The highest BCUT2D eigenvalue weighted by Crippen LogP contribution is 2.49. The summed E-state index contributed by atoms with van der Waals surface area (Å²) in [7, 11) is 1.79. The van der Waals surface area contributed by atoms with Gasteiger partial charge in [0, 0.05) is 32.7 Å². The molecule has 0 aromatic heterocycles. The number of benzene rings is 2. The van der Waals surface area contributed by atoms with Crippen LogP contribution >= 0.6 is 0 Å². The smallest absolute Gasteiger partial charge is 0.123 e. The fourth-order valence-electron chi connectivity index (χ4n) is 5.16. The Labute approximate surface area is 160 Å². The highest BCUT2D eigenvalue weighted by atomic mass is 19.1. The van der Waals surface area contributed by atoms with E-state index in [-0.39, 0.29) is 18.0 Å². The zero-order valence-corrected chi connectivity index (χ0v) is 15.7. The number of fused-ring (bicyclic) bond motifs is 5. The molecule has 0 amide bonds. The number of ether oxygens (including phenoxy) is 2. The maximum Gasteiger partial charge on any atom is 0.123 e. The Morgan fingerprint density at radius 3 is 2.85 bits per heavy atom. The van der Waals surface area contributed by atoms with E-state index in [1.54, 1.807) is 19.2 Å². The molecular weight excluding hydrogens is 341 g/mol. The van der Waals surface area contributed by atoms with Crippen molar-refractivity contribution in [3.8, 4) is 0 Å². The van der Waals surface area contributed by atoms with Crippen molar-refractivity contribution >= 4 is 0 Å². The van der Waals surface area contributed by atoms with Gasteiger partial charge in [-0.25, -0.2) is 4.39 Å². The van der Waals surface area contributed by atoms with E-state index in [1.807, 2.05) is 6.07 Å². The quantitative estimate of drug-likeness (QED) is 0.816. The zero-order chi connectivity index (χ0) is 18.4. The molecule has 1 unspecified atom stereocenters. The third-order valence-electron chi connectivity index (χ3n) is 6.50. The Morgan fingerprint density at radius 2 is 2.00 bits per heavy atom. The van der Waals surface area contributed by atoms with E-state index in [9.17, 15) is 4.39 Å². The fourth-order valence-corrected chi connectivity index (χ4v) is 5.16. The molecule has 0 N–H and O–H groups in total. The number of hydrogen-bond acceptors (Lipinski definition) is 3. The Hall–Kier alpha value is -1.75. The van der Waals surface area contributed by atoms with Crippen LogP contribution in [0.1, 0.15) is 47.1 Å². The number of hydrogen-bond donors (Lipinski definition) is 0. The molecular formula is C23H26FNO2. The third-order valence-corrected chi connectivity index (χ3v) is 6.50. The molecule has 2 aromatic carbocycles. The molecule has 2 aromatic rings. The third kappa shape index (κ3) is 3.20. The average molecular weight is 367 g/mol. The largest absolute Gasteiger partial charge is 0.380 e. The molecule has 142 valence electrons. The topological polar surface area (TPSA) is 21.7 Å². The molecule has 1 aliphatic carbocycles. The second-order valence-electron chi connectivity index (χ2n) is 8.15. The van der Waals surface area contributed by atoms with Crippen LogP contribution in [0, 0.1) is 5.82 Å². The van der Waals surface area contributed by atoms with Gasteiger partial charge in [-0.15, -0.1) is 0 Å². The number of halogens is 1. The van der Waals surface area contributed by atoms with Gasteiger partial charge >= 0.3 is 0 Å². The van der Waals surface area contributed by atoms with Crippen molar-refractivity contribution in [2.24, 2.45) is 0 Å². The van der Waals surface area contributed by atoms with E-state index in [2.05, 4.69) is 29.2 Å². The van der Waals surface area contributed by atoms with E-state index >= 15 is 0 Å². The molecule has 2 saturated heterocycles. The van der Waals surface area contributed by atoms with Gasteiger partial charge in [-0.1, -0.05) is 30.3 Å². The molecule has 5 rings (SSSR count). The van der Waals surface area contributed by atoms with E-state index in [1.165, 1.54) is 16.7 Å². The minimum atomic E-state index is -0.173. The molecule has 27 heavy (non-hydrogen) atoms. The van der Waals surface area contributed by atoms with E-state index in [0.717, 1.165) is 44.5 Å². The standard InChI is InChI=1S/C23H26FNO2/c1-26-18-8-9-25(13-18)14-19-12-22-20-5-3-2-4-15(20)10-16-6-7-17(24)11-21(16)23(22)27-19/h2-7,11,18-19,22-23H,8-10,12-14H2,1H3/t18?,19-,22-,23+/m1/s1. The van der Waals surface area contributed by atoms with Gasteiger partial charge in [-0.3, -0.25) is 4.90 Å². The van der Waals surface area contributed by atoms with Crippen molar-refractivity contribution in [1.29, 1.82) is 0 Å². The summed E-state index contributed by atoms with van der Waals surface area (Å²) in [5.41, 5.74) is 4.95. The predicted octanol–water partition coefficient (Wildman–Crippen LogP) is 4.06. The lowest BCUT2D eigenvalue weighted by Crippen LogP contribution is -2.31. The van der Waals surface area contributed by atoms with Crippen LogP contribution in [0.2, 0.25) is 0 Å². The summed E-state index contributed by atoms with van der Waals surface area (Å²) in [5.74, 6) is 0.128. The summed E-state index contributed by atoms with van der Waals surface area (Å²) in [6, 6.07) is 13.9. The first kappa shape index (κ1) is 17.4. The van der Waals surface area contributed by atoms with Crippen LogP contribution in [-0.4, -0.2) is 43.9 Å². The fraction of sp³-hybridized carbons (Fsp3) is 0.478. The maximum atomic E-state index is 14.0. The minimum absolute atomic E-state index is 0.0508. The summed E-state index contributed by atoms with van der Waals surface area (Å²) in [5, 5.41) is 0. The number of nitrogens with zero attached hydrogens (tertiary/aromatic N) is 1. The van der Waals surface area contributed by atoms with Gasteiger partial charge in [0.25, 0.3) is 0 Å². The van der Waals surface area contributed by atoms with Gasteiger partial charge in [-0.05, 0) is 53.6 Å². The van der Waals surface area contributed by atoms with Crippen molar-refractivity contribution in [3.05, 3.63) is 70.5 Å². The summed E-state index contributed by atoms with van der Waals surface area (Å²) >= 11 is 0. The molecule has 3 nitrogen and oxygen atoms in total. The molecule has 3 aliphatic rings. The molecule has 2 fully saturated rings. The van der Waals surface area contributed by atoms with Crippen LogP contribution in [0.3, 0.4) is 0 Å². The minimum Gasteiger partial charge on any atom is -0.380 e. The molecule has 0 radical (unpaired) electrons. The van der Waals surface area contributed by atoms with E-state index in [4.69, 9.17) is 9.47 Å². The normalized spacial score (nSPS) is 29.9. The van der Waals surface area contributed by atoms with Gasteiger partial charge < -0.3 is 9.47 Å². The lowest BCUT2D eigenvalue weighted by Gasteiger charge is -2.21. The van der Waals surface area contributed by atoms with Crippen molar-refractivity contribution < 1.29 is 13.9 Å². The Bertz CT molecular complexity index is 839. The first-order valence-electron chi connectivity index (χ1n) is 9.98. The Kier molecular flexibility index (Phi) is 4.50. The first-order valence-corrected chi connectivity index (χ1v) is 9.98. The van der Waals surface area contributed by atoms with E-state index < -0.39 is 0 Å². The number of methoxy groups -OCH3 is 1. The predicted molar refractivity (Wildman–Crippen MR) is 102 cm³/mol. The van der Waals surface area contributed by atoms with Crippen molar-refractivity contribution in [3.63, 3.8) is 0 Å². The second-order valence-corrected chi connectivity index (χ2v) is 8.15. The lowest BCUT2D eigenvalue weighted by molar-refractivity contribution is 0.0196. The zero-order valence-electron chi connectivity index (χ0n) is 15.7. The second kappa shape index (κ2) is 7.01. The monoisotopic (exact) mass is 367 g/mol. The van der Waals surface area contributed by atoms with Crippen LogP contribution in [-0.2, 0) is 15.9 Å². The summed E-state index contributed by atoms with van der Waals surface area (Å²) in [6.45, 7) is 2.97. The number of likely N-dealkylation sites (tertiary alicyclic amines) is 1. The molecule has 2 heterocycles. The summed E-state index contributed by atoms with van der Waals surface area (Å²) in [4.78, 5) is 2.45. The summed E-state index contributed by atoms with van der Waals surface area (Å²) < 4.78 is 26.1. The number of rotatable bonds is 3. The SMILES string of the molecule is COC1CCN(C[C@H]2C[C@@H]3c4ccccc4Cc4ccc(F)cc4[C@@H]3O2)C1. The molecule has 0 spiro atoms. The lowest BCUT2D eigenvalue weighted by atomic mass is 9.87. The molecule has 0 saturated carbocycles. The van der Waals surface area contributed by atoms with Crippen molar-refractivity contribution in [1.82, 2.24) is 4.90 Å². The van der Waals surface area contributed by atoms with Gasteiger partial charge in [-0.2, -0.15) is 0 Å². The molecule has 4 atom stereocenters. The van der Waals surface area contributed by atoms with Crippen molar-refractivity contribution in [2.75, 3.05) is 26.7 Å². The van der Waals surface area contributed by atoms with Gasteiger partial charge in [0.05, 0.1) is 18.3 Å². The van der Waals surface area contributed by atoms with Crippen LogP contribution in [0.25, 0.3) is 0 Å². The Balaban J connectivity index is 1.45. The average Bonchev–Trinajstić information content (AvgIpc) is 3.28.